The minimum Gasteiger partial charge on any atom is -0.465 e. The Morgan fingerprint density at radius 3 is 2.46 bits per heavy atom. The van der Waals surface area contributed by atoms with Crippen molar-refractivity contribution in [2.45, 2.75) is 0 Å². The van der Waals surface area contributed by atoms with Gasteiger partial charge in [-0.1, -0.05) is 28.1 Å². The SMILES string of the molecule is COC(=O)c1ccc(/C=C/Br)cc1. The molecule has 1 aromatic rings. The predicted octanol–water partition coefficient (Wildman–Crippen LogP) is 2.84. The van der Waals surface area contributed by atoms with E-state index in [1.807, 2.05) is 18.2 Å². The van der Waals surface area contributed by atoms with Crippen molar-refractivity contribution in [1.29, 1.82) is 0 Å². The highest BCUT2D eigenvalue weighted by molar-refractivity contribution is 9.11. The lowest BCUT2D eigenvalue weighted by molar-refractivity contribution is 0.0601. The van der Waals surface area contributed by atoms with E-state index in [4.69, 9.17) is 0 Å². The average molecular weight is 241 g/mol. The number of hydrogen-bond donors (Lipinski definition) is 0. The molecule has 0 bridgehead atoms. The van der Waals surface area contributed by atoms with Crippen molar-refractivity contribution < 1.29 is 9.53 Å². The van der Waals surface area contributed by atoms with Crippen LogP contribution in [-0.4, -0.2) is 13.1 Å². The van der Waals surface area contributed by atoms with E-state index in [9.17, 15) is 4.79 Å². The summed E-state index contributed by atoms with van der Waals surface area (Å²) in [6, 6.07) is 7.16. The van der Waals surface area contributed by atoms with Gasteiger partial charge in [0.25, 0.3) is 0 Å². The maximum Gasteiger partial charge on any atom is 0.337 e. The Morgan fingerprint density at radius 1 is 1.38 bits per heavy atom. The first kappa shape index (κ1) is 9.99. The molecule has 0 aliphatic heterocycles. The molecule has 0 atom stereocenters. The number of rotatable bonds is 2. The summed E-state index contributed by atoms with van der Waals surface area (Å²) in [6.07, 6.45) is 1.89. The molecule has 3 heteroatoms. The second-order valence-corrected chi connectivity index (χ2v) is 2.93. The van der Waals surface area contributed by atoms with Gasteiger partial charge in [-0.15, -0.1) is 0 Å². The zero-order valence-electron chi connectivity index (χ0n) is 7.16. The summed E-state index contributed by atoms with van der Waals surface area (Å²) in [7, 11) is 1.37. The van der Waals surface area contributed by atoms with Crippen molar-refractivity contribution in [3.8, 4) is 0 Å². The fourth-order valence-electron chi connectivity index (χ4n) is 0.921. The van der Waals surface area contributed by atoms with E-state index in [0.717, 1.165) is 5.56 Å². The number of esters is 1. The molecule has 0 N–H and O–H groups in total. The highest BCUT2D eigenvalue weighted by Gasteiger charge is 2.02. The molecule has 13 heavy (non-hydrogen) atoms. The molecule has 0 radical (unpaired) electrons. The number of methoxy groups -OCH3 is 1. The Hall–Kier alpha value is -1.09. The van der Waals surface area contributed by atoms with Crippen LogP contribution >= 0.6 is 15.9 Å². The Labute approximate surface area is 85.3 Å². The highest BCUT2D eigenvalue weighted by atomic mass is 79.9. The van der Waals surface area contributed by atoms with Crippen LogP contribution in [0.3, 0.4) is 0 Å². The van der Waals surface area contributed by atoms with Gasteiger partial charge in [0.2, 0.25) is 0 Å². The van der Waals surface area contributed by atoms with Gasteiger partial charge >= 0.3 is 5.97 Å². The van der Waals surface area contributed by atoms with Crippen LogP contribution in [0.2, 0.25) is 0 Å². The van der Waals surface area contributed by atoms with Crippen molar-refractivity contribution in [2.24, 2.45) is 0 Å². The molecular formula is C10H9BrO2. The van der Waals surface area contributed by atoms with Crippen LogP contribution in [-0.2, 0) is 4.74 Å². The number of hydrogen-bond acceptors (Lipinski definition) is 2. The lowest BCUT2D eigenvalue weighted by Crippen LogP contribution is -2.00. The molecule has 1 aromatic carbocycles. The fourth-order valence-corrected chi connectivity index (χ4v) is 1.23. The summed E-state index contributed by atoms with van der Waals surface area (Å²) in [5.41, 5.74) is 1.60. The van der Waals surface area contributed by atoms with Crippen LogP contribution in [0, 0.1) is 0 Å². The third-order valence-corrected chi connectivity index (χ3v) is 1.85. The normalized spacial score (nSPS) is 10.3. The van der Waals surface area contributed by atoms with Gasteiger partial charge in [-0.05, 0) is 28.8 Å². The van der Waals surface area contributed by atoms with Crippen LogP contribution in [0.5, 0.6) is 0 Å². The molecule has 0 fully saturated rings. The van der Waals surface area contributed by atoms with Gasteiger partial charge in [0, 0.05) is 0 Å². The quantitative estimate of drug-likeness (QED) is 0.744. The third kappa shape index (κ3) is 2.70. The van der Waals surface area contributed by atoms with E-state index in [-0.39, 0.29) is 5.97 Å². The minimum absolute atomic E-state index is 0.311. The standard InChI is InChI=1S/C10H9BrO2/c1-13-10(12)9-4-2-8(3-5-9)6-7-11/h2-7H,1H3/b7-6+. The van der Waals surface area contributed by atoms with Crippen LogP contribution in [0.25, 0.3) is 6.08 Å². The summed E-state index contributed by atoms with van der Waals surface area (Å²) in [6.45, 7) is 0. The summed E-state index contributed by atoms with van der Waals surface area (Å²) in [5, 5.41) is 0. The first-order valence-electron chi connectivity index (χ1n) is 3.73. The van der Waals surface area contributed by atoms with Crippen LogP contribution in [0.4, 0.5) is 0 Å². The Bertz CT molecular complexity index is 314. The molecule has 68 valence electrons. The van der Waals surface area contributed by atoms with Crippen LogP contribution in [0.15, 0.2) is 29.3 Å². The Morgan fingerprint density at radius 2 is 2.00 bits per heavy atom. The molecule has 0 aromatic heterocycles. The Kier molecular flexibility index (Phi) is 3.71. The van der Waals surface area contributed by atoms with E-state index < -0.39 is 0 Å². The number of carbonyl (C=O) groups excluding carboxylic acids is 1. The van der Waals surface area contributed by atoms with Gasteiger partial charge < -0.3 is 4.74 Å². The van der Waals surface area contributed by atoms with E-state index in [1.54, 1.807) is 17.1 Å². The van der Waals surface area contributed by atoms with Crippen molar-refractivity contribution in [3.63, 3.8) is 0 Å². The molecule has 0 saturated heterocycles. The summed E-state index contributed by atoms with van der Waals surface area (Å²) in [5.74, 6) is -0.311. The van der Waals surface area contributed by atoms with Crippen molar-refractivity contribution in [3.05, 3.63) is 40.4 Å². The molecule has 0 heterocycles. The lowest BCUT2D eigenvalue weighted by atomic mass is 10.1. The van der Waals surface area contributed by atoms with Crippen LogP contribution < -0.4 is 0 Å². The number of carbonyl (C=O) groups is 1. The van der Waals surface area contributed by atoms with E-state index in [1.165, 1.54) is 7.11 Å². The van der Waals surface area contributed by atoms with Gasteiger partial charge in [0.15, 0.2) is 0 Å². The smallest absolute Gasteiger partial charge is 0.337 e. The largest absolute Gasteiger partial charge is 0.465 e. The average Bonchev–Trinajstić information content (AvgIpc) is 2.18. The molecule has 2 nitrogen and oxygen atoms in total. The summed E-state index contributed by atoms with van der Waals surface area (Å²) < 4.78 is 4.57. The maximum absolute atomic E-state index is 11.0. The van der Waals surface area contributed by atoms with Crippen molar-refractivity contribution in [1.82, 2.24) is 0 Å². The number of halogens is 1. The van der Waals surface area contributed by atoms with Crippen molar-refractivity contribution in [2.75, 3.05) is 7.11 Å². The van der Waals surface area contributed by atoms with E-state index in [0.29, 0.717) is 5.56 Å². The fraction of sp³-hybridized carbons (Fsp3) is 0.100. The zero-order valence-corrected chi connectivity index (χ0v) is 8.74. The lowest BCUT2D eigenvalue weighted by Gasteiger charge is -1.98. The minimum atomic E-state index is -0.311. The summed E-state index contributed by atoms with van der Waals surface area (Å²) in [4.78, 5) is 12.8. The first-order chi connectivity index (χ1) is 6.27. The second kappa shape index (κ2) is 4.82. The van der Waals surface area contributed by atoms with Gasteiger partial charge in [-0.25, -0.2) is 4.79 Å². The van der Waals surface area contributed by atoms with Gasteiger partial charge in [-0.3, -0.25) is 0 Å². The molecule has 0 aliphatic rings. The summed E-state index contributed by atoms with van der Waals surface area (Å²) >= 11 is 3.18. The van der Waals surface area contributed by atoms with Crippen LogP contribution in [0.1, 0.15) is 15.9 Å². The Balaban J connectivity index is 2.87. The molecule has 0 unspecified atom stereocenters. The van der Waals surface area contributed by atoms with E-state index in [2.05, 4.69) is 20.7 Å². The maximum atomic E-state index is 11.0. The molecule has 0 amide bonds. The molecular weight excluding hydrogens is 232 g/mol. The molecule has 0 aliphatic carbocycles. The second-order valence-electron chi connectivity index (χ2n) is 2.41. The number of ether oxygens (including phenoxy) is 1. The predicted molar refractivity (Wildman–Crippen MR) is 55.7 cm³/mol. The number of benzene rings is 1. The first-order valence-corrected chi connectivity index (χ1v) is 4.64. The van der Waals surface area contributed by atoms with E-state index >= 15 is 0 Å². The molecule has 1 rings (SSSR count). The van der Waals surface area contributed by atoms with Gasteiger partial charge in [-0.2, -0.15) is 0 Å². The highest BCUT2D eigenvalue weighted by Crippen LogP contribution is 2.07. The molecule has 0 spiro atoms. The van der Waals surface area contributed by atoms with Crippen molar-refractivity contribution >= 4 is 28.0 Å². The molecule has 0 saturated carbocycles. The van der Waals surface area contributed by atoms with Gasteiger partial charge in [0.05, 0.1) is 12.7 Å². The third-order valence-electron chi connectivity index (χ3n) is 1.59. The zero-order chi connectivity index (χ0) is 9.68. The van der Waals surface area contributed by atoms with Gasteiger partial charge in [0.1, 0.15) is 0 Å². The monoisotopic (exact) mass is 240 g/mol. The topological polar surface area (TPSA) is 26.3 Å².